The van der Waals surface area contributed by atoms with Gasteiger partial charge in [0.1, 0.15) is 5.75 Å². The Morgan fingerprint density at radius 2 is 2.25 bits per heavy atom. The van der Waals surface area contributed by atoms with Gasteiger partial charge in [0.05, 0.1) is 19.3 Å². The third-order valence-electron chi connectivity index (χ3n) is 3.67. The van der Waals surface area contributed by atoms with E-state index in [2.05, 4.69) is 22.9 Å². The topological polar surface area (TPSA) is 41.7 Å². The molecule has 2 atom stereocenters. The zero-order chi connectivity index (χ0) is 11.3. The molecule has 2 heterocycles. The highest BCUT2D eigenvalue weighted by Crippen LogP contribution is 2.39. The van der Waals surface area contributed by atoms with Gasteiger partial charge in [-0.2, -0.15) is 0 Å². The van der Waals surface area contributed by atoms with Crippen molar-refractivity contribution in [2.45, 2.75) is 18.8 Å². The van der Waals surface area contributed by atoms with Crippen molar-refractivity contribution in [3.63, 3.8) is 0 Å². The maximum atomic E-state index is 6.04. The summed E-state index contributed by atoms with van der Waals surface area (Å²) < 4.78 is 5.41. The van der Waals surface area contributed by atoms with Crippen LogP contribution in [-0.2, 0) is 6.54 Å². The fraction of sp³-hybridized carbons (Fsp3) is 0.500. The molecule has 2 aliphatic heterocycles. The number of fused-ring (bicyclic) bond motifs is 2. The summed E-state index contributed by atoms with van der Waals surface area (Å²) in [6, 6.07) is 6.46. The van der Waals surface area contributed by atoms with Gasteiger partial charge in [0, 0.05) is 31.4 Å². The van der Waals surface area contributed by atoms with Gasteiger partial charge in [-0.3, -0.25) is 4.90 Å². The van der Waals surface area contributed by atoms with Gasteiger partial charge in [-0.15, -0.1) is 0 Å². The number of nitrogens with two attached hydrogens (primary N) is 1. The third-order valence-corrected chi connectivity index (χ3v) is 3.67. The second-order valence-corrected chi connectivity index (χ2v) is 4.58. The molecule has 0 radical (unpaired) electrons. The van der Waals surface area contributed by atoms with Crippen molar-refractivity contribution in [3.8, 4) is 5.75 Å². The molecule has 2 N–H and O–H groups in total. The molecule has 0 saturated carbocycles. The van der Waals surface area contributed by atoms with Gasteiger partial charge in [0.25, 0.3) is 0 Å². The zero-order valence-corrected chi connectivity index (χ0v) is 9.68. The van der Waals surface area contributed by atoms with Crippen LogP contribution in [0, 0.1) is 0 Å². The highest BCUT2D eigenvalue weighted by Gasteiger charge is 2.43. The average molecular weight is 219 g/mol. The number of benzene rings is 1. The maximum absolute atomic E-state index is 6.04. The first-order valence-electron chi connectivity index (χ1n) is 5.60. The number of likely N-dealkylation sites (N-methyl/N-ethyl adjacent to an activating group) is 1. The summed E-state index contributed by atoms with van der Waals surface area (Å²) in [5.41, 5.74) is 8.56. The van der Waals surface area contributed by atoms with Crippen LogP contribution in [-0.4, -0.2) is 37.8 Å². The van der Waals surface area contributed by atoms with Crippen LogP contribution in [0.3, 0.4) is 0 Å². The zero-order valence-electron chi connectivity index (χ0n) is 9.68. The number of methoxy groups -OCH3 is 1. The predicted molar refractivity (Wildman–Crippen MR) is 63.6 cm³/mol. The van der Waals surface area contributed by atoms with Crippen LogP contribution in [0.1, 0.15) is 5.56 Å². The summed E-state index contributed by atoms with van der Waals surface area (Å²) in [7, 11) is 3.83. The highest BCUT2D eigenvalue weighted by molar-refractivity contribution is 5.61. The van der Waals surface area contributed by atoms with E-state index in [-0.39, 0.29) is 6.04 Å². The third kappa shape index (κ3) is 1.17. The Morgan fingerprint density at radius 3 is 2.94 bits per heavy atom. The molecule has 16 heavy (non-hydrogen) atoms. The molecule has 1 saturated heterocycles. The Hall–Kier alpha value is -1.26. The molecule has 0 bridgehead atoms. The van der Waals surface area contributed by atoms with E-state index in [9.17, 15) is 0 Å². The lowest BCUT2D eigenvalue weighted by atomic mass is 9.95. The van der Waals surface area contributed by atoms with Gasteiger partial charge in [-0.25, -0.2) is 0 Å². The minimum absolute atomic E-state index is 0.268. The van der Waals surface area contributed by atoms with Crippen molar-refractivity contribution in [3.05, 3.63) is 23.8 Å². The lowest BCUT2D eigenvalue weighted by Gasteiger charge is -2.54. The van der Waals surface area contributed by atoms with Gasteiger partial charge >= 0.3 is 0 Å². The summed E-state index contributed by atoms with van der Waals surface area (Å²) in [6.07, 6.45) is 0.361. The number of anilines is 1. The van der Waals surface area contributed by atoms with E-state index in [0.717, 1.165) is 18.8 Å². The minimum atomic E-state index is 0.268. The van der Waals surface area contributed by atoms with E-state index in [1.165, 1.54) is 11.3 Å². The van der Waals surface area contributed by atoms with E-state index in [1.807, 2.05) is 12.1 Å². The van der Waals surface area contributed by atoms with Crippen molar-refractivity contribution in [2.24, 2.45) is 5.73 Å². The first-order chi connectivity index (χ1) is 7.72. The van der Waals surface area contributed by atoms with E-state index < -0.39 is 0 Å². The van der Waals surface area contributed by atoms with Crippen LogP contribution in [0.15, 0.2) is 18.2 Å². The average Bonchev–Trinajstić information content (AvgIpc) is 2.27. The number of hydrogen-bond donors (Lipinski definition) is 1. The molecule has 4 heteroatoms. The summed E-state index contributed by atoms with van der Waals surface area (Å²) in [4.78, 5) is 4.64. The van der Waals surface area contributed by atoms with Crippen molar-refractivity contribution < 1.29 is 4.74 Å². The summed E-state index contributed by atoms with van der Waals surface area (Å²) >= 11 is 0. The van der Waals surface area contributed by atoms with Crippen LogP contribution in [0.4, 0.5) is 5.69 Å². The number of hydrogen-bond acceptors (Lipinski definition) is 4. The van der Waals surface area contributed by atoms with Crippen molar-refractivity contribution >= 4 is 5.69 Å². The molecule has 3 rings (SSSR count). The normalized spacial score (nSPS) is 28.1. The Morgan fingerprint density at radius 1 is 1.44 bits per heavy atom. The van der Waals surface area contributed by atoms with Crippen molar-refractivity contribution in [1.29, 1.82) is 0 Å². The largest absolute Gasteiger partial charge is 0.496 e. The van der Waals surface area contributed by atoms with Gasteiger partial charge in [0.2, 0.25) is 0 Å². The molecule has 1 aromatic rings. The molecular weight excluding hydrogens is 202 g/mol. The molecule has 1 fully saturated rings. The molecule has 0 aliphatic carbocycles. The molecule has 2 unspecified atom stereocenters. The van der Waals surface area contributed by atoms with Gasteiger partial charge < -0.3 is 15.4 Å². The van der Waals surface area contributed by atoms with Crippen LogP contribution in [0.2, 0.25) is 0 Å². The summed E-state index contributed by atoms with van der Waals surface area (Å²) in [5, 5.41) is 0. The van der Waals surface area contributed by atoms with E-state index in [4.69, 9.17) is 10.5 Å². The summed E-state index contributed by atoms with van der Waals surface area (Å²) in [5.74, 6) is 0.975. The van der Waals surface area contributed by atoms with Crippen LogP contribution in [0.25, 0.3) is 0 Å². The van der Waals surface area contributed by atoms with Crippen molar-refractivity contribution in [2.75, 3.05) is 25.6 Å². The Bertz CT molecular complexity index is 421. The molecular formula is C12H17N3O. The van der Waals surface area contributed by atoms with Gasteiger partial charge in [0.15, 0.2) is 0 Å². The molecule has 1 aromatic carbocycles. The molecule has 0 amide bonds. The number of rotatable bonds is 1. The fourth-order valence-electron chi connectivity index (χ4n) is 2.88. The van der Waals surface area contributed by atoms with Crippen LogP contribution in [0.5, 0.6) is 5.75 Å². The Balaban J connectivity index is 2.05. The second kappa shape index (κ2) is 3.37. The fourth-order valence-corrected chi connectivity index (χ4v) is 2.88. The maximum Gasteiger partial charge on any atom is 0.125 e. The van der Waals surface area contributed by atoms with Gasteiger partial charge in [-0.1, -0.05) is 6.07 Å². The summed E-state index contributed by atoms with van der Waals surface area (Å²) in [6.45, 7) is 1.93. The standard InChI is InChI=1S/C12H17N3O/c1-14-10-4-3-5-11(16-2)8(10)6-15-7-9(13)12(14)15/h3-5,9,12H,6-7,13H2,1-2H3. The molecule has 2 aliphatic rings. The van der Waals surface area contributed by atoms with Crippen LogP contribution < -0.4 is 15.4 Å². The van der Waals surface area contributed by atoms with E-state index in [1.54, 1.807) is 7.11 Å². The van der Waals surface area contributed by atoms with Crippen LogP contribution >= 0.6 is 0 Å². The molecule has 0 spiro atoms. The first-order valence-corrected chi connectivity index (χ1v) is 5.60. The Labute approximate surface area is 95.6 Å². The Kier molecular flexibility index (Phi) is 2.09. The molecule has 86 valence electrons. The lowest BCUT2D eigenvalue weighted by molar-refractivity contribution is 0.0461. The highest BCUT2D eigenvalue weighted by atomic mass is 16.5. The predicted octanol–water partition coefficient (Wildman–Crippen LogP) is 0.614. The quantitative estimate of drug-likeness (QED) is 0.751. The molecule has 0 aromatic heterocycles. The number of nitrogens with zero attached hydrogens (tertiary/aromatic N) is 2. The smallest absolute Gasteiger partial charge is 0.125 e. The van der Waals surface area contributed by atoms with Gasteiger partial charge in [-0.05, 0) is 12.1 Å². The van der Waals surface area contributed by atoms with E-state index >= 15 is 0 Å². The molecule has 4 nitrogen and oxygen atoms in total. The second-order valence-electron chi connectivity index (χ2n) is 4.58. The van der Waals surface area contributed by atoms with E-state index in [0.29, 0.717) is 6.17 Å². The minimum Gasteiger partial charge on any atom is -0.496 e. The SMILES string of the molecule is COc1cccc2c1CN1CC(N)C1N2C. The monoisotopic (exact) mass is 219 g/mol. The van der Waals surface area contributed by atoms with Crippen molar-refractivity contribution in [1.82, 2.24) is 4.90 Å². The first kappa shape index (κ1) is 9.93. The number of ether oxygens (including phenoxy) is 1. The lowest BCUT2D eigenvalue weighted by Crippen LogP contribution is -2.71.